The minimum atomic E-state index is -0.314. The van der Waals surface area contributed by atoms with Crippen LogP contribution in [0.1, 0.15) is 48.0 Å². The molecule has 1 N–H and O–H groups in total. The maximum absolute atomic E-state index is 12.2. The lowest BCUT2D eigenvalue weighted by atomic mass is 9.98. The van der Waals surface area contributed by atoms with E-state index in [1.807, 2.05) is 6.92 Å². The van der Waals surface area contributed by atoms with Gasteiger partial charge in [0.25, 0.3) is 5.91 Å². The van der Waals surface area contributed by atoms with Crippen LogP contribution in [0.2, 0.25) is 5.02 Å². The van der Waals surface area contributed by atoms with Crippen molar-refractivity contribution in [3.63, 3.8) is 0 Å². The van der Waals surface area contributed by atoms with Crippen LogP contribution in [0.25, 0.3) is 0 Å². The Morgan fingerprint density at radius 3 is 2.46 bits per heavy atom. The van der Waals surface area contributed by atoms with E-state index in [0.29, 0.717) is 22.0 Å². The Morgan fingerprint density at radius 1 is 1.07 bits per heavy atom. The molecule has 0 spiro atoms. The number of carbonyl (C=O) groups is 2. The number of ether oxygens (including phenoxy) is 2. The second-order valence-electron chi connectivity index (χ2n) is 6.99. The van der Waals surface area contributed by atoms with Gasteiger partial charge in [0.05, 0.1) is 5.56 Å². The number of anilines is 1. The molecule has 0 atom stereocenters. The van der Waals surface area contributed by atoms with E-state index in [4.69, 9.17) is 21.1 Å². The van der Waals surface area contributed by atoms with Crippen molar-refractivity contribution in [3.05, 3.63) is 58.6 Å². The molecule has 0 saturated heterocycles. The number of benzene rings is 2. The molecule has 1 fully saturated rings. The number of carbonyl (C=O) groups excluding carboxylic acids is 2. The van der Waals surface area contributed by atoms with Gasteiger partial charge in [-0.1, -0.05) is 18.0 Å². The lowest BCUT2D eigenvalue weighted by molar-refractivity contribution is -0.118. The number of amides is 1. The first-order valence-corrected chi connectivity index (χ1v) is 9.89. The zero-order valence-corrected chi connectivity index (χ0v) is 16.6. The zero-order chi connectivity index (χ0) is 19.9. The molecule has 1 amide bonds. The molecule has 1 aliphatic carbocycles. The van der Waals surface area contributed by atoms with Crippen LogP contribution in [0.15, 0.2) is 42.5 Å². The summed E-state index contributed by atoms with van der Waals surface area (Å²) in [4.78, 5) is 24.3. The molecule has 6 heteroatoms. The smallest absolute Gasteiger partial charge is 0.338 e. The zero-order valence-electron chi connectivity index (χ0n) is 15.9. The van der Waals surface area contributed by atoms with Gasteiger partial charge >= 0.3 is 5.97 Å². The quantitative estimate of drug-likeness (QED) is 0.679. The first-order chi connectivity index (χ1) is 13.5. The summed E-state index contributed by atoms with van der Waals surface area (Å²) >= 11 is 5.91. The van der Waals surface area contributed by atoms with Crippen LogP contribution >= 0.6 is 11.6 Å². The van der Waals surface area contributed by atoms with Crippen molar-refractivity contribution in [1.82, 2.24) is 0 Å². The third kappa shape index (κ3) is 5.73. The van der Waals surface area contributed by atoms with E-state index in [2.05, 4.69) is 5.32 Å². The minimum Gasteiger partial charge on any atom is -0.483 e. The van der Waals surface area contributed by atoms with Crippen molar-refractivity contribution in [2.75, 3.05) is 11.9 Å². The van der Waals surface area contributed by atoms with E-state index < -0.39 is 0 Å². The van der Waals surface area contributed by atoms with Crippen LogP contribution in [0.4, 0.5) is 5.69 Å². The van der Waals surface area contributed by atoms with E-state index in [-0.39, 0.29) is 24.6 Å². The molecule has 0 radical (unpaired) electrons. The molecule has 28 heavy (non-hydrogen) atoms. The van der Waals surface area contributed by atoms with Gasteiger partial charge in [0.1, 0.15) is 11.9 Å². The predicted molar refractivity (Wildman–Crippen MR) is 109 cm³/mol. The topological polar surface area (TPSA) is 64.6 Å². The van der Waals surface area contributed by atoms with Gasteiger partial charge in [0.15, 0.2) is 6.61 Å². The Hall–Kier alpha value is -2.53. The molecular formula is C22H24ClNO4. The first-order valence-electron chi connectivity index (χ1n) is 9.51. The lowest BCUT2D eigenvalue weighted by Gasteiger charge is -2.21. The van der Waals surface area contributed by atoms with Crippen LogP contribution in [0.3, 0.4) is 0 Å². The fraction of sp³-hybridized carbons (Fsp3) is 0.364. The monoisotopic (exact) mass is 401 g/mol. The van der Waals surface area contributed by atoms with Crippen LogP contribution in [-0.4, -0.2) is 24.6 Å². The highest BCUT2D eigenvalue weighted by atomic mass is 35.5. The lowest BCUT2D eigenvalue weighted by Crippen LogP contribution is -2.21. The van der Waals surface area contributed by atoms with Crippen molar-refractivity contribution < 1.29 is 19.1 Å². The number of aryl methyl sites for hydroxylation is 1. The number of rotatable bonds is 6. The molecule has 1 saturated carbocycles. The fourth-order valence-electron chi connectivity index (χ4n) is 3.21. The number of hydrogen-bond acceptors (Lipinski definition) is 4. The molecule has 0 bridgehead atoms. The summed E-state index contributed by atoms with van der Waals surface area (Å²) in [5.41, 5.74) is 1.94. The molecule has 1 aliphatic rings. The van der Waals surface area contributed by atoms with Gasteiger partial charge in [-0.2, -0.15) is 0 Å². The minimum absolute atomic E-state index is 0.0223. The number of halogens is 1. The van der Waals surface area contributed by atoms with Crippen molar-refractivity contribution in [2.45, 2.75) is 45.1 Å². The standard InChI is InChI=1S/C22H24ClNO4/c1-15-13-17(23)9-12-20(15)27-14-21(25)24-18-10-7-16(8-11-18)22(26)28-19-5-3-2-4-6-19/h7-13,19H,2-6,14H2,1H3,(H,24,25). The highest BCUT2D eigenvalue weighted by Crippen LogP contribution is 2.23. The van der Waals surface area contributed by atoms with E-state index in [9.17, 15) is 9.59 Å². The van der Waals surface area contributed by atoms with Crippen molar-refractivity contribution >= 4 is 29.2 Å². The van der Waals surface area contributed by atoms with Gasteiger partial charge < -0.3 is 14.8 Å². The molecule has 0 aromatic heterocycles. The Kier molecular flexibility index (Phi) is 6.93. The Morgan fingerprint density at radius 2 is 1.79 bits per heavy atom. The van der Waals surface area contributed by atoms with Crippen LogP contribution in [0, 0.1) is 6.92 Å². The third-order valence-electron chi connectivity index (χ3n) is 4.73. The summed E-state index contributed by atoms with van der Waals surface area (Å²) in [5.74, 6) is 0.0126. The van der Waals surface area contributed by atoms with Crippen molar-refractivity contribution in [2.24, 2.45) is 0 Å². The highest BCUT2D eigenvalue weighted by Gasteiger charge is 2.18. The summed E-state index contributed by atoms with van der Waals surface area (Å²) in [7, 11) is 0. The van der Waals surface area contributed by atoms with Crippen LogP contribution in [-0.2, 0) is 9.53 Å². The maximum atomic E-state index is 12.2. The summed E-state index contributed by atoms with van der Waals surface area (Å²) in [6.07, 6.45) is 5.33. The van der Waals surface area contributed by atoms with Gasteiger partial charge in [-0.15, -0.1) is 0 Å². The SMILES string of the molecule is Cc1cc(Cl)ccc1OCC(=O)Nc1ccc(C(=O)OC2CCCCC2)cc1. The number of hydrogen-bond donors (Lipinski definition) is 1. The second kappa shape index (κ2) is 9.60. The van der Waals surface area contributed by atoms with Gasteiger partial charge in [0, 0.05) is 10.7 Å². The van der Waals surface area contributed by atoms with E-state index in [1.165, 1.54) is 6.42 Å². The molecule has 148 valence electrons. The van der Waals surface area contributed by atoms with Crippen LogP contribution < -0.4 is 10.1 Å². The van der Waals surface area contributed by atoms with Gasteiger partial charge in [-0.05, 0) is 80.6 Å². The normalized spacial score (nSPS) is 14.4. The molecule has 0 unspecified atom stereocenters. The molecule has 0 heterocycles. The molecule has 2 aromatic rings. The Bertz CT molecular complexity index is 829. The fourth-order valence-corrected chi connectivity index (χ4v) is 3.43. The highest BCUT2D eigenvalue weighted by molar-refractivity contribution is 6.30. The van der Waals surface area contributed by atoms with Gasteiger partial charge in [-0.3, -0.25) is 4.79 Å². The average molecular weight is 402 g/mol. The van der Waals surface area contributed by atoms with E-state index in [0.717, 1.165) is 31.2 Å². The summed E-state index contributed by atoms with van der Waals surface area (Å²) in [5, 5.41) is 3.37. The van der Waals surface area contributed by atoms with Crippen LogP contribution in [0.5, 0.6) is 5.75 Å². The predicted octanol–water partition coefficient (Wildman–Crippen LogP) is 5.16. The summed E-state index contributed by atoms with van der Waals surface area (Å²) in [6.45, 7) is 1.75. The second-order valence-corrected chi connectivity index (χ2v) is 7.43. The average Bonchev–Trinajstić information content (AvgIpc) is 2.68. The first kappa shape index (κ1) is 20.2. The number of nitrogens with one attached hydrogen (secondary N) is 1. The van der Waals surface area contributed by atoms with Gasteiger partial charge in [-0.25, -0.2) is 4.79 Å². The Labute approximate surface area is 170 Å². The van der Waals surface area contributed by atoms with Gasteiger partial charge in [0.2, 0.25) is 0 Å². The molecule has 0 aliphatic heterocycles. The molecule has 2 aromatic carbocycles. The van der Waals surface area contributed by atoms with Crippen molar-refractivity contribution in [1.29, 1.82) is 0 Å². The Balaban J connectivity index is 1.49. The summed E-state index contributed by atoms with van der Waals surface area (Å²) < 4.78 is 11.1. The third-order valence-corrected chi connectivity index (χ3v) is 4.96. The van der Waals surface area contributed by atoms with E-state index >= 15 is 0 Å². The maximum Gasteiger partial charge on any atom is 0.338 e. The largest absolute Gasteiger partial charge is 0.483 e. The molecule has 3 rings (SSSR count). The summed E-state index contributed by atoms with van der Waals surface area (Å²) in [6, 6.07) is 11.9. The molecule has 5 nitrogen and oxygen atoms in total. The van der Waals surface area contributed by atoms with E-state index in [1.54, 1.807) is 42.5 Å². The molecular weight excluding hydrogens is 378 g/mol. The van der Waals surface area contributed by atoms with Crippen molar-refractivity contribution in [3.8, 4) is 5.75 Å². The number of esters is 1.